The molecule has 0 bridgehead atoms. The van der Waals surface area contributed by atoms with E-state index in [2.05, 4.69) is 24.8 Å². The monoisotopic (exact) mass is 393 g/mol. The first kappa shape index (κ1) is 18.1. The second-order valence-electron chi connectivity index (χ2n) is 6.37. The summed E-state index contributed by atoms with van der Waals surface area (Å²) < 4.78 is 46.7. The zero-order chi connectivity index (χ0) is 19.7. The van der Waals surface area contributed by atoms with Crippen molar-refractivity contribution in [2.45, 2.75) is 24.9 Å². The summed E-state index contributed by atoms with van der Waals surface area (Å²) in [6.45, 7) is 1.09. The van der Waals surface area contributed by atoms with E-state index in [9.17, 15) is 18.0 Å². The maximum absolute atomic E-state index is 12.6. The molecule has 0 aliphatic carbocycles. The van der Waals surface area contributed by atoms with E-state index in [1.54, 1.807) is 17.0 Å². The largest absolute Gasteiger partial charge is 0.471 e. The smallest absolute Gasteiger partial charge is 0.364 e. The van der Waals surface area contributed by atoms with E-state index in [4.69, 9.17) is 4.52 Å². The summed E-state index contributed by atoms with van der Waals surface area (Å²) in [5, 5.41) is 7.01. The SMILES string of the molecule is O=C(c1ccon1)N1CCC[C@@H](c2ccc(-c3noc(C(F)(F)F)n3)cn2)C1. The molecule has 0 N–H and O–H groups in total. The molecule has 4 rings (SSSR count). The maximum atomic E-state index is 12.6. The lowest BCUT2D eigenvalue weighted by Crippen LogP contribution is -2.39. The van der Waals surface area contributed by atoms with Gasteiger partial charge < -0.3 is 13.9 Å². The molecule has 28 heavy (non-hydrogen) atoms. The van der Waals surface area contributed by atoms with Crippen LogP contribution in [0.1, 0.15) is 40.8 Å². The third kappa shape index (κ3) is 3.59. The predicted octanol–water partition coefficient (Wildman–Crippen LogP) is 3.16. The fraction of sp³-hybridized carbons (Fsp3) is 0.353. The fourth-order valence-corrected chi connectivity index (χ4v) is 3.12. The Morgan fingerprint density at radius 3 is 2.71 bits per heavy atom. The van der Waals surface area contributed by atoms with Crippen LogP contribution in [0.3, 0.4) is 0 Å². The molecule has 8 nitrogen and oxygen atoms in total. The second kappa shape index (κ2) is 7.06. The van der Waals surface area contributed by atoms with Gasteiger partial charge in [-0.15, -0.1) is 0 Å². The molecule has 1 fully saturated rings. The van der Waals surface area contributed by atoms with Crippen molar-refractivity contribution in [2.75, 3.05) is 13.1 Å². The summed E-state index contributed by atoms with van der Waals surface area (Å²) in [5.74, 6) is -1.78. The number of amides is 1. The van der Waals surface area contributed by atoms with Crippen LogP contribution in [0.5, 0.6) is 0 Å². The number of alkyl halides is 3. The molecule has 1 amide bonds. The molecule has 146 valence electrons. The average Bonchev–Trinajstić information content (AvgIpc) is 3.39. The Bertz CT molecular complexity index is 953. The summed E-state index contributed by atoms with van der Waals surface area (Å²) in [7, 11) is 0. The van der Waals surface area contributed by atoms with E-state index in [0.29, 0.717) is 18.7 Å². The van der Waals surface area contributed by atoms with Gasteiger partial charge in [-0.1, -0.05) is 10.3 Å². The summed E-state index contributed by atoms with van der Waals surface area (Å²) in [6.07, 6.45) is -0.302. The molecule has 0 spiro atoms. The Labute approximate surface area is 156 Å². The summed E-state index contributed by atoms with van der Waals surface area (Å²) >= 11 is 0. The summed E-state index contributed by atoms with van der Waals surface area (Å²) in [4.78, 5) is 21.8. The molecule has 0 unspecified atom stereocenters. The highest BCUT2D eigenvalue weighted by atomic mass is 19.4. The van der Waals surface area contributed by atoms with Crippen LogP contribution in [0, 0.1) is 0 Å². The first-order chi connectivity index (χ1) is 13.4. The fourth-order valence-electron chi connectivity index (χ4n) is 3.12. The van der Waals surface area contributed by atoms with Crippen LogP contribution >= 0.6 is 0 Å². The number of hydrogen-bond donors (Lipinski definition) is 0. The van der Waals surface area contributed by atoms with E-state index in [1.807, 2.05) is 0 Å². The maximum Gasteiger partial charge on any atom is 0.471 e. The van der Waals surface area contributed by atoms with Crippen molar-refractivity contribution < 1.29 is 27.0 Å². The number of rotatable bonds is 3. The third-order valence-electron chi connectivity index (χ3n) is 4.50. The zero-order valence-corrected chi connectivity index (χ0v) is 14.4. The summed E-state index contributed by atoms with van der Waals surface area (Å²) in [6, 6.07) is 4.80. The number of nitrogens with zero attached hydrogens (tertiary/aromatic N) is 5. The molecule has 1 saturated heterocycles. The molecule has 3 aromatic rings. The highest BCUT2D eigenvalue weighted by Gasteiger charge is 2.38. The van der Waals surface area contributed by atoms with Gasteiger partial charge in [0.1, 0.15) is 6.26 Å². The zero-order valence-electron chi connectivity index (χ0n) is 14.4. The van der Waals surface area contributed by atoms with Gasteiger partial charge in [0.15, 0.2) is 5.69 Å². The average molecular weight is 393 g/mol. The standard InChI is InChI=1S/C17H14F3N5O3/c18-17(19,20)16-22-14(24-28-16)10-3-4-12(21-8-10)11-2-1-6-25(9-11)15(26)13-5-7-27-23-13/h3-5,7-8,11H,1-2,6,9H2/t11-/m1/s1. The van der Waals surface area contributed by atoms with Crippen molar-refractivity contribution >= 4 is 5.91 Å². The van der Waals surface area contributed by atoms with Crippen molar-refractivity contribution in [3.8, 4) is 11.4 Å². The van der Waals surface area contributed by atoms with Gasteiger partial charge in [-0.2, -0.15) is 18.2 Å². The Morgan fingerprint density at radius 2 is 2.07 bits per heavy atom. The van der Waals surface area contributed by atoms with Crippen LogP contribution in [0.2, 0.25) is 0 Å². The molecule has 3 aromatic heterocycles. The van der Waals surface area contributed by atoms with Crippen molar-refractivity contribution in [1.29, 1.82) is 0 Å². The molecule has 1 aliphatic heterocycles. The Hall–Kier alpha value is -3.24. The number of carbonyl (C=O) groups excluding carboxylic acids is 1. The number of piperidine rings is 1. The number of halogens is 3. The van der Waals surface area contributed by atoms with Crippen molar-refractivity contribution in [3.63, 3.8) is 0 Å². The molecular weight excluding hydrogens is 379 g/mol. The molecule has 1 atom stereocenters. The lowest BCUT2D eigenvalue weighted by Gasteiger charge is -2.32. The normalized spacial score (nSPS) is 17.7. The van der Waals surface area contributed by atoms with Crippen LogP contribution in [0.15, 0.2) is 39.7 Å². The van der Waals surface area contributed by atoms with Crippen molar-refractivity contribution in [2.24, 2.45) is 0 Å². The van der Waals surface area contributed by atoms with E-state index in [0.717, 1.165) is 18.5 Å². The number of pyridine rings is 1. The third-order valence-corrected chi connectivity index (χ3v) is 4.50. The number of aromatic nitrogens is 4. The lowest BCUT2D eigenvalue weighted by molar-refractivity contribution is -0.159. The number of hydrogen-bond acceptors (Lipinski definition) is 7. The van der Waals surface area contributed by atoms with Gasteiger partial charge in [-0.3, -0.25) is 9.78 Å². The minimum Gasteiger partial charge on any atom is -0.364 e. The van der Waals surface area contributed by atoms with Crippen molar-refractivity contribution in [1.82, 2.24) is 25.2 Å². The van der Waals surface area contributed by atoms with E-state index >= 15 is 0 Å². The van der Waals surface area contributed by atoms with Gasteiger partial charge in [0, 0.05) is 42.5 Å². The minimum absolute atomic E-state index is 0.00894. The van der Waals surface area contributed by atoms with Gasteiger partial charge >= 0.3 is 12.1 Å². The lowest BCUT2D eigenvalue weighted by atomic mass is 9.94. The van der Waals surface area contributed by atoms with Gasteiger partial charge in [0.2, 0.25) is 5.82 Å². The van der Waals surface area contributed by atoms with Gasteiger partial charge in [-0.05, 0) is 25.0 Å². The van der Waals surface area contributed by atoms with Crippen LogP contribution in [-0.4, -0.2) is 44.2 Å². The second-order valence-corrected chi connectivity index (χ2v) is 6.37. The van der Waals surface area contributed by atoms with Gasteiger partial charge in [0.05, 0.1) is 0 Å². The summed E-state index contributed by atoms with van der Waals surface area (Å²) in [5.41, 5.74) is 1.30. The van der Waals surface area contributed by atoms with Crippen LogP contribution in [0.4, 0.5) is 13.2 Å². The number of likely N-dealkylation sites (tertiary alicyclic amines) is 1. The van der Waals surface area contributed by atoms with E-state index < -0.39 is 12.1 Å². The molecule has 11 heteroatoms. The van der Waals surface area contributed by atoms with Crippen LogP contribution in [-0.2, 0) is 6.18 Å². The molecule has 1 aliphatic rings. The first-order valence-corrected chi connectivity index (χ1v) is 8.48. The first-order valence-electron chi connectivity index (χ1n) is 8.48. The predicted molar refractivity (Wildman–Crippen MR) is 86.9 cm³/mol. The number of carbonyl (C=O) groups is 1. The Kier molecular flexibility index (Phi) is 4.57. The molecule has 0 aromatic carbocycles. The molecule has 4 heterocycles. The van der Waals surface area contributed by atoms with E-state index in [-0.39, 0.29) is 23.3 Å². The Balaban J connectivity index is 1.47. The Morgan fingerprint density at radius 1 is 1.21 bits per heavy atom. The highest BCUT2D eigenvalue weighted by Crippen LogP contribution is 2.30. The van der Waals surface area contributed by atoms with Gasteiger partial charge in [0.25, 0.3) is 5.91 Å². The molecular formula is C17H14F3N5O3. The van der Waals surface area contributed by atoms with Crippen molar-refractivity contribution in [3.05, 3.63) is 47.9 Å². The van der Waals surface area contributed by atoms with Crippen LogP contribution in [0.25, 0.3) is 11.4 Å². The topological polar surface area (TPSA) is 98.2 Å². The molecule has 0 radical (unpaired) electrons. The van der Waals surface area contributed by atoms with Gasteiger partial charge in [-0.25, -0.2) is 0 Å². The quantitative estimate of drug-likeness (QED) is 0.674. The minimum atomic E-state index is -4.69. The molecule has 0 saturated carbocycles. The highest BCUT2D eigenvalue weighted by molar-refractivity contribution is 5.92. The van der Waals surface area contributed by atoms with Crippen LogP contribution < -0.4 is 0 Å². The van der Waals surface area contributed by atoms with E-state index in [1.165, 1.54) is 18.5 Å².